The van der Waals surface area contributed by atoms with E-state index in [0.29, 0.717) is 5.75 Å². The lowest BCUT2D eigenvalue weighted by Gasteiger charge is -2.17. The van der Waals surface area contributed by atoms with Crippen LogP contribution in [0.25, 0.3) is 0 Å². The Morgan fingerprint density at radius 3 is 2.81 bits per heavy atom. The summed E-state index contributed by atoms with van der Waals surface area (Å²) in [6.07, 6.45) is 0. The van der Waals surface area contributed by atoms with E-state index in [1.807, 2.05) is 37.3 Å². The molecule has 1 aromatic carbocycles. The molecule has 0 radical (unpaired) electrons. The summed E-state index contributed by atoms with van der Waals surface area (Å²) in [6.45, 7) is 1.78. The van der Waals surface area contributed by atoms with E-state index in [1.54, 1.807) is 13.2 Å². The van der Waals surface area contributed by atoms with Gasteiger partial charge in [0.25, 0.3) is 0 Å². The first-order valence-corrected chi connectivity index (χ1v) is 7.33. The zero-order chi connectivity index (χ0) is 15.2. The topological polar surface area (TPSA) is 70.6 Å². The monoisotopic (exact) mass is 306 g/mol. The summed E-state index contributed by atoms with van der Waals surface area (Å²) in [6, 6.07) is 10.2. The number of carbonyl (C=O) groups excluding carboxylic acids is 1. The molecule has 112 valence electrons. The van der Waals surface area contributed by atoms with E-state index < -0.39 is 6.04 Å². The first-order chi connectivity index (χ1) is 10.1. The molecule has 5 nitrogen and oxygen atoms in total. The Bertz CT molecular complexity index is 612. The molecule has 21 heavy (non-hydrogen) atoms. The molecular formula is C15H18N2O3S. The summed E-state index contributed by atoms with van der Waals surface area (Å²) >= 11 is 1.50. The average molecular weight is 306 g/mol. The van der Waals surface area contributed by atoms with Gasteiger partial charge in [0.05, 0.1) is 24.8 Å². The number of rotatable bonds is 5. The van der Waals surface area contributed by atoms with E-state index in [1.165, 1.54) is 11.3 Å². The number of benzene rings is 1. The van der Waals surface area contributed by atoms with Gasteiger partial charge in [-0.1, -0.05) is 12.1 Å². The van der Waals surface area contributed by atoms with Crippen molar-refractivity contribution in [1.82, 2.24) is 5.32 Å². The molecule has 0 spiro atoms. The van der Waals surface area contributed by atoms with Gasteiger partial charge in [0, 0.05) is 4.88 Å². The maximum atomic E-state index is 12.0. The molecule has 1 heterocycles. The molecule has 1 aromatic heterocycles. The molecule has 3 N–H and O–H groups in total. The smallest absolute Gasteiger partial charge is 0.320 e. The number of nitrogens with one attached hydrogen (secondary N) is 2. The van der Waals surface area contributed by atoms with Gasteiger partial charge in [-0.05, 0) is 36.8 Å². The number of aliphatic hydroxyl groups excluding tert-OH is 1. The van der Waals surface area contributed by atoms with E-state index in [0.717, 1.165) is 15.4 Å². The lowest BCUT2D eigenvalue weighted by Crippen LogP contribution is -2.34. The lowest BCUT2D eigenvalue weighted by atomic mass is 10.1. The molecule has 0 aliphatic heterocycles. The van der Waals surface area contributed by atoms with Gasteiger partial charge in [0.1, 0.15) is 5.75 Å². The number of aliphatic hydroxyl groups is 1. The number of urea groups is 1. The van der Waals surface area contributed by atoms with Gasteiger partial charge in [-0.25, -0.2) is 4.79 Å². The van der Waals surface area contributed by atoms with Gasteiger partial charge in [0.2, 0.25) is 0 Å². The van der Waals surface area contributed by atoms with Gasteiger partial charge in [-0.15, -0.1) is 11.3 Å². The molecule has 0 aliphatic rings. The average Bonchev–Trinajstić information content (AvgIpc) is 2.89. The van der Waals surface area contributed by atoms with Gasteiger partial charge >= 0.3 is 6.03 Å². The van der Waals surface area contributed by atoms with Crippen molar-refractivity contribution in [3.63, 3.8) is 0 Å². The Morgan fingerprint density at radius 2 is 2.19 bits per heavy atom. The first-order valence-electron chi connectivity index (χ1n) is 6.51. The Morgan fingerprint density at radius 1 is 1.38 bits per heavy atom. The third-order valence-corrected chi connectivity index (χ3v) is 3.88. The van der Waals surface area contributed by atoms with Crippen LogP contribution in [-0.2, 0) is 0 Å². The number of amides is 2. The fraction of sp³-hybridized carbons (Fsp3) is 0.267. The van der Waals surface area contributed by atoms with Crippen LogP contribution in [0.2, 0.25) is 0 Å². The standard InChI is InChI=1S/C15H18N2O3S/c1-10-6-7-14(21-10)17-15(19)16-13(9-18)11-4-3-5-12(8-11)20-2/h3-8,13,18H,9H2,1-2H3,(H2,16,17,19). The fourth-order valence-electron chi connectivity index (χ4n) is 1.90. The Hall–Kier alpha value is -2.05. The molecule has 1 atom stereocenters. The summed E-state index contributed by atoms with van der Waals surface area (Å²) in [7, 11) is 1.58. The molecule has 0 saturated carbocycles. The minimum atomic E-state index is -0.485. The van der Waals surface area contributed by atoms with Crippen LogP contribution in [0.5, 0.6) is 5.75 Å². The second-order valence-corrected chi connectivity index (χ2v) is 5.81. The molecule has 0 aliphatic carbocycles. The highest BCUT2D eigenvalue weighted by Crippen LogP contribution is 2.22. The molecule has 1 unspecified atom stereocenters. The second kappa shape index (κ2) is 7.10. The Kier molecular flexibility index (Phi) is 5.19. The van der Waals surface area contributed by atoms with E-state index in [2.05, 4.69) is 10.6 Å². The van der Waals surface area contributed by atoms with Gasteiger partial charge in [-0.2, -0.15) is 0 Å². The number of anilines is 1. The zero-order valence-corrected chi connectivity index (χ0v) is 12.7. The summed E-state index contributed by atoms with van der Waals surface area (Å²) in [5, 5.41) is 15.7. The van der Waals surface area contributed by atoms with Crippen LogP contribution in [0.3, 0.4) is 0 Å². The van der Waals surface area contributed by atoms with Crippen molar-refractivity contribution >= 4 is 22.4 Å². The molecule has 2 amide bonds. The van der Waals surface area contributed by atoms with Crippen LogP contribution >= 0.6 is 11.3 Å². The molecule has 0 saturated heterocycles. The highest BCUT2D eigenvalue weighted by atomic mass is 32.1. The molecule has 2 rings (SSSR count). The highest BCUT2D eigenvalue weighted by molar-refractivity contribution is 7.16. The van der Waals surface area contributed by atoms with Gasteiger partial charge < -0.3 is 15.2 Å². The van der Waals surface area contributed by atoms with E-state index in [-0.39, 0.29) is 12.6 Å². The lowest BCUT2D eigenvalue weighted by molar-refractivity contribution is 0.225. The number of ether oxygens (including phenoxy) is 1. The van der Waals surface area contributed by atoms with Crippen LogP contribution in [0, 0.1) is 6.92 Å². The first kappa shape index (κ1) is 15.3. The SMILES string of the molecule is COc1cccc(C(CO)NC(=O)Nc2ccc(C)s2)c1. The largest absolute Gasteiger partial charge is 0.497 e. The van der Waals surface area contributed by atoms with Crippen molar-refractivity contribution in [3.05, 3.63) is 46.8 Å². The Balaban J connectivity index is 2.02. The van der Waals surface area contributed by atoms with Crippen LogP contribution in [-0.4, -0.2) is 24.9 Å². The summed E-state index contributed by atoms with van der Waals surface area (Å²) in [5.74, 6) is 0.682. The van der Waals surface area contributed by atoms with Crippen molar-refractivity contribution in [2.75, 3.05) is 19.0 Å². The quantitative estimate of drug-likeness (QED) is 0.795. The third kappa shape index (κ3) is 4.21. The zero-order valence-electron chi connectivity index (χ0n) is 11.9. The summed E-state index contributed by atoms with van der Waals surface area (Å²) in [5.41, 5.74) is 0.786. The minimum absolute atomic E-state index is 0.190. The van der Waals surface area contributed by atoms with E-state index in [4.69, 9.17) is 4.74 Å². The van der Waals surface area contributed by atoms with Crippen LogP contribution < -0.4 is 15.4 Å². The second-order valence-electron chi connectivity index (χ2n) is 4.52. The molecule has 6 heteroatoms. The number of methoxy groups -OCH3 is 1. The van der Waals surface area contributed by atoms with Crippen LogP contribution in [0.4, 0.5) is 9.80 Å². The van der Waals surface area contributed by atoms with Crippen molar-refractivity contribution in [1.29, 1.82) is 0 Å². The molecule has 0 fully saturated rings. The number of carbonyl (C=O) groups is 1. The summed E-state index contributed by atoms with van der Waals surface area (Å²) < 4.78 is 5.14. The van der Waals surface area contributed by atoms with Crippen molar-refractivity contribution in [2.24, 2.45) is 0 Å². The normalized spacial score (nSPS) is 11.8. The number of aryl methyl sites for hydroxylation is 1. The maximum Gasteiger partial charge on any atom is 0.320 e. The predicted molar refractivity (Wildman–Crippen MR) is 84.0 cm³/mol. The van der Waals surface area contributed by atoms with Gasteiger partial charge in [0.15, 0.2) is 0 Å². The highest BCUT2D eigenvalue weighted by Gasteiger charge is 2.14. The number of hydrogen-bond acceptors (Lipinski definition) is 4. The van der Waals surface area contributed by atoms with Crippen LogP contribution in [0.15, 0.2) is 36.4 Å². The number of thiophene rings is 1. The number of hydrogen-bond donors (Lipinski definition) is 3. The van der Waals surface area contributed by atoms with Crippen molar-refractivity contribution in [2.45, 2.75) is 13.0 Å². The van der Waals surface area contributed by atoms with Crippen molar-refractivity contribution < 1.29 is 14.6 Å². The molecule has 2 aromatic rings. The Labute approximate surface area is 127 Å². The fourth-order valence-corrected chi connectivity index (χ4v) is 2.66. The van der Waals surface area contributed by atoms with E-state index in [9.17, 15) is 9.90 Å². The molecule has 0 bridgehead atoms. The minimum Gasteiger partial charge on any atom is -0.497 e. The van der Waals surface area contributed by atoms with E-state index >= 15 is 0 Å². The molecular weight excluding hydrogens is 288 g/mol. The maximum absolute atomic E-state index is 12.0. The summed E-state index contributed by atoms with van der Waals surface area (Å²) in [4.78, 5) is 13.1. The predicted octanol–water partition coefficient (Wildman–Crippen LogP) is 2.92. The van der Waals surface area contributed by atoms with Crippen LogP contribution in [0.1, 0.15) is 16.5 Å². The van der Waals surface area contributed by atoms with Crippen molar-refractivity contribution in [3.8, 4) is 5.75 Å². The van der Waals surface area contributed by atoms with Gasteiger partial charge in [-0.3, -0.25) is 5.32 Å². The third-order valence-electron chi connectivity index (χ3n) is 2.96.